The maximum absolute atomic E-state index is 4.02. The summed E-state index contributed by atoms with van der Waals surface area (Å²) in [5, 5.41) is 3.56. The predicted octanol–water partition coefficient (Wildman–Crippen LogP) is 5.07. The molecule has 0 rings (SSSR count). The van der Waals surface area contributed by atoms with Crippen LogP contribution in [0.4, 0.5) is 0 Å². The zero-order valence-electron chi connectivity index (χ0n) is 12.4. The Labute approximate surface area is 109 Å². The Balaban J connectivity index is 3.43. The van der Waals surface area contributed by atoms with Crippen LogP contribution in [0, 0.1) is 0 Å². The Morgan fingerprint density at radius 1 is 1.00 bits per heavy atom. The molecule has 0 aromatic heterocycles. The summed E-state index contributed by atoms with van der Waals surface area (Å²) in [7, 11) is 0. The molecule has 0 saturated carbocycles. The molecular formula is C16H33N. The van der Waals surface area contributed by atoms with Gasteiger partial charge in [0.1, 0.15) is 0 Å². The maximum atomic E-state index is 4.02. The van der Waals surface area contributed by atoms with Crippen LogP contribution in [0.2, 0.25) is 0 Å². The molecule has 1 unspecified atom stereocenters. The lowest BCUT2D eigenvalue weighted by molar-refractivity contribution is 0.458. The van der Waals surface area contributed by atoms with Crippen molar-refractivity contribution in [3.8, 4) is 0 Å². The first-order valence-electron chi connectivity index (χ1n) is 7.58. The highest BCUT2D eigenvalue weighted by atomic mass is 14.9. The quantitative estimate of drug-likeness (QED) is 0.370. The second-order valence-electron chi connectivity index (χ2n) is 5.33. The fourth-order valence-electron chi connectivity index (χ4n) is 2.33. The van der Waals surface area contributed by atoms with E-state index in [0.29, 0.717) is 6.04 Å². The van der Waals surface area contributed by atoms with E-state index in [9.17, 15) is 0 Å². The smallest absolute Gasteiger partial charge is 0.0104 e. The van der Waals surface area contributed by atoms with E-state index in [1.165, 1.54) is 56.9 Å². The maximum Gasteiger partial charge on any atom is 0.0104 e. The molecule has 0 amide bonds. The van der Waals surface area contributed by atoms with Crippen LogP contribution in [-0.2, 0) is 0 Å². The topological polar surface area (TPSA) is 12.0 Å². The van der Waals surface area contributed by atoms with Crippen molar-refractivity contribution in [2.24, 2.45) is 0 Å². The van der Waals surface area contributed by atoms with Gasteiger partial charge in [0.2, 0.25) is 0 Å². The zero-order valence-corrected chi connectivity index (χ0v) is 12.4. The highest BCUT2D eigenvalue weighted by Crippen LogP contribution is 2.13. The molecule has 17 heavy (non-hydrogen) atoms. The van der Waals surface area contributed by atoms with E-state index in [1.807, 2.05) is 0 Å². The third-order valence-corrected chi connectivity index (χ3v) is 3.24. The van der Waals surface area contributed by atoms with Crippen LogP contribution in [0.25, 0.3) is 0 Å². The molecular weight excluding hydrogens is 206 g/mol. The summed E-state index contributed by atoms with van der Waals surface area (Å²) in [5.41, 5.74) is 1.30. The Morgan fingerprint density at radius 3 is 2.12 bits per heavy atom. The van der Waals surface area contributed by atoms with Crippen molar-refractivity contribution >= 4 is 0 Å². The summed E-state index contributed by atoms with van der Waals surface area (Å²) < 4.78 is 0. The third-order valence-electron chi connectivity index (χ3n) is 3.24. The van der Waals surface area contributed by atoms with Gasteiger partial charge in [-0.15, -0.1) is 6.58 Å². The summed E-state index contributed by atoms with van der Waals surface area (Å²) in [6.07, 6.45) is 12.3. The normalized spacial score (nSPS) is 12.6. The summed E-state index contributed by atoms with van der Waals surface area (Å²) in [6.45, 7) is 11.7. The lowest BCUT2D eigenvalue weighted by Gasteiger charge is -2.17. The van der Waals surface area contributed by atoms with Crippen LogP contribution >= 0.6 is 0 Å². The fourth-order valence-corrected chi connectivity index (χ4v) is 2.33. The van der Waals surface area contributed by atoms with Gasteiger partial charge in [-0.05, 0) is 26.3 Å². The van der Waals surface area contributed by atoms with Gasteiger partial charge >= 0.3 is 0 Å². The van der Waals surface area contributed by atoms with Gasteiger partial charge in [0, 0.05) is 6.04 Å². The van der Waals surface area contributed by atoms with Gasteiger partial charge in [-0.25, -0.2) is 0 Å². The monoisotopic (exact) mass is 239 g/mol. The van der Waals surface area contributed by atoms with E-state index in [2.05, 4.69) is 32.7 Å². The average molecular weight is 239 g/mol. The first-order valence-corrected chi connectivity index (χ1v) is 7.58. The summed E-state index contributed by atoms with van der Waals surface area (Å²) in [5.74, 6) is 0. The highest BCUT2D eigenvalue weighted by Gasteiger charge is 2.06. The minimum Gasteiger partial charge on any atom is -0.314 e. The van der Waals surface area contributed by atoms with Crippen molar-refractivity contribution in [2.75, 3.05) is 6.54 Å². The SMILES string of the molecule is C=C(C)CC(CCCCCCCCC)NCC. The lowest BCUT2D eigenvalue weighted by atomic mass is 10.0. The second-order valence-corrected chi connectivity index (χ2v) is 5.33. The van der Waals surface area contributed by atoms with Crippen LogP contribution < -0.4 is 5.32 Å². The Morgan fingerprint density at radius 2 is 1.59 bits per heavy atom. The minimum absolute atomic E-state index is 0.660. The van der Waals surface area contributed by atoms with E-state index in [-0.39, 0.29) is 0 Å². The van der Waals surface area contributed by atoms with Crippen molar-refractivity contribution in [1.82, 2.24) is 5.32 Å². The number of hydrogen-bond acceptors (Lipinski definition) is 1. The molecule has 0 aromatic rings. The van der Waals surface area contributed by atoms with Gasteiger partial charge in [-0.3, -0.25) is 0 Å². The molecule has 1 heteroatoms. The Kier molecular flexibility index (Phi) is 12.0. The molecule has 0 fully saturated rings. The summed E-state index contributed by atoms with van der Waals surface area (Å²) >= 11 is 0. The molecule has 0 spiro atoms. The zero-order chi connectivity index (χ0) is 12.9. The van der Waals surface area contributed by atoms with E-state index in [1.54, 1.807) is 0 Å². The lowest BCUT2D eigenvalue weighted by Crippen LogP contribution is -2.28. The van der Waals surface area contributed by atoms with E-state index in [0.717, 1.165) is 13.0 Å². The molecule has 0 aliphatic heterocycles. The van der Waals surface area contributed by atoms with Crippen molar-refractivity contribution in [2.45, 2.75) is 84.6 Å². The first-order chi connectivity index (χ1) is 8.20. The molecule has 0 aliphatic rings. The number of unbranched alkanes of at least 4 members (excludes halogenated alkanes) is 6. The average Bonchev–Trinajstić information content (AvgIpc) is 2.27. The van der Waals surface area contributed by atoms with Gasteiger partial charge in [0.15, 0.2) is 0 Å². The first kappa shape index (κ1) is 16.7. The molecule has 0 aromatic carbocycles. The number of rotatable bonds is 12. The van der Waals surface area contributed by atoms with Gasteiger partial charge in [0.25, 0.3) is 0 Å². The van der Waals surface area contributed by atoms with Crippen LogP contribution in [0.3, 0.4) is 0 Å². The molecule has 0 aliphatic carbocycles. The Hall–Kier alpha value is -0.300. The fraction of sp³-hybridized carbons (Fsp3) is 0.875. The summed E-state index contributed by atoms with van der Waals surface area (Å²) in [6, 6.07) is 0.660. The highest BCUT2D eigenvalue weighted by molar-refractivity contribution is 4.92. The Bertz CT molecular complexity index is 174. The van der Waals surface area contributed by atoms with E-state index in [4.69, 9.17) is 0 Å². The minimum atomic E-state index is 0.660. The van der Waals surface area contributed by atoms with Gasteiger partial charge in [-0.2, -0.15) is 0 Å². The molecule has 0 heterocycles. The molecule has 1 atom stereocenters. The van der Waals surface area contributed by atoms with Crippen molar-refractivity contribution in [3.05, 3.63) is 12.2 Å². The van der Waals surface area contributed by atoms with E-state index < -0.39 is 0 Å². The third kappa shape index (κ3) is 12.0. The van der Waals surface area contributed by atoms with Gasteiger partial charge in [-0.1, -0.05) is 64.4 Å². The number of hydrogen-bond donors (Lipinski definition) is 1. The molecule has 1 nitrogen and oxygen atoms in total. The molecule has 0 bridgehead atoms. The van der Waals surface area contributed by atoms with Crippen LogP contribution in [0.5, 0.6) is 0 Å². The molecule has 1 N–H and O–H groups in total. The molecule has 102 valence electrons. The van der Waals surface area contributed by atoms with Crippen molar-refractivity contribution < 1.29 is 0 Å². The van der Waals surface area contributed by atoms with Gasteiger partial charge in [0.05, 0.1) is 0 Å². The van der Waals surface area contributed by atoms with Crippen LogP contribution in [0.15, 0.2) is 12.2 Å². The molecule has 0 radical (unpaired) electrons. The largest absolute Gasteiger partial charge is 0.314 e. The number of nitrogens with one attached hydrogen (secondary N) is 1. The summed E-state index contributed by atoms with van der Waals surface area (Å²) in [4.78, 5) is 0. The predicted molar refractivity (Wildman–Crippen MR) is 79.5 cm³/mol. The van der Waals surface area contributed by atoms with E-state index >= 15 is 0 Å². The molecule has 0 saturated heterocycles. The van der Waals surface area contributed by atoms with Crippen molar-refractivity contribution in [1.29, 1.82) is 0 Å². The van der Waals surface area contributed by atoms with Crippen molar-refractivity contribution in [3.63, 3.8) is 0 Å². The second kappa shape index (κ2) is 12.2. The van der Waals surface area contributed by atoms with Crippen LogP contribution in [-0.4, -0.2) is 12.6 Å². The van der Waals surface area contributed by atoms with Gasteiger partial charge < -0.3 is 5.32 Å². The standard InChI is InChI=1S/C16H33N/c1-5-7-8-9-10-11-12-13-16(17-6-2)14-15(3)4/h16-17H,3,5-14H2,1-2,4H3. The van der Waals surface area contributed by atoms with Crippen LogP contribution in [0.1, 0.15) is 78.6 Å².